The minimum absolute atomic E-state index is 0.00988. The van der Waals surface area contributed by atoms with Crippen LogP contribution in [-0.4, -0.2) is 41.0 Å². The number of benzene rings is 1. The standard InChI is InChI=1S/C17H20N4O2/c1-12-19-14(10-16(18-2)20-12)15-8-9-21(15)17(22)11-23-13-6-4-3-5-7-13/h3-7,10,15H,8-9,11H2,1-2H3,(H,18,19,20)/t15-/m1/s1. The van der Waals surface area contributed by atoms with Gasteiger partial charge in [-0.25, -0.2) is 9.97 Å². The second-order valence-corrected chi connectivity index (χ2v) is 5.47. The van der Waals surface area contributed by atoms with E-state index >= 15 is 0 Å². The Labute approximate surface area is 135 Å². The summed E-state index contributed by atoms with van der Waals surface area (Å²) in [5.74, 6) is 2.15. The van der Waals surface area contributed by atoms with Crippen molar-refractivity contribution in [2.24, 2.45) is 0 Å². The number of anilines is 1. The smallest absolute Gasteiger partial charge is 0.261 e. The minimum Gasteiger partial charge on any atom is -0.484 e. The maximum atomic E-state index is 12.4. The van der Waals surface area contributed by atoms with Crippen LogP contribution in [0.3, 0.4) is 0 Å². The molecule has 6 nitrogen and oxygen atoms in total. The predicted molar refractivity (Wildman–Crippen MR) is 87.3 cm³/mol. The predicted octanol–water partition coefficient (Wildman–Crippen LogP) is 2.18. The first-order valence-corrected chi connectivity index (χ1v) is 7.68. The van der Waals surface area contributed by atoms with Crippen LogP contribution in [0.2, 0.25) is 0 Å². The van der Waals surface area contributed by atoms with Crippen LogP contribution in [0.25, 0.3) is 0 Å². The molecule has 1 saturated heterocycles. The largest absolute Gasteiger partial charge is 0.484 e. The molecule has 1 aliphatic heterocycles. The summed E-state index contributed by atoms with van der Waals surface area (Å²) in [5.41, 5.74) is 0.876. The molecule has 1 aliphatic rings. The Kier molecular flexibility index (Phi) is 4.41. The molecule has 0 radical (unpaired) electrons. The number of carbonyl (C=O) groups excluding carboxylic acids is 1. The molecular formula is C17H20N4O2. The molecule has 6 heteroatoms. The van der Waals surface area contributed by atoms with Gasteiger partial charge in [0.15, 0.2) is 6.61 Å². The van der Waals surface area contributed by atoms with Gasteiger partial charge in [-0.3, -0.25) is 4.79 Å². The third-order valence-corrected chi connectivity index (χ3v) is 3.90. The number of ether oxygens (including phenoxy) is 1. The summed E-state index contributed by atoms with van der Waals surface area (Å²) in [6, 6.07) is 11.3. The van der Waals surface area contributed by atoms with E-state index in [1.807, 2.05) is 55.3 Å². The molecule has 1 N–H and O–H groups in total. The fourth-order valence-electron chi connectivity index (χ4n) is 2.63. The Hall–Kier alpha value is -2.63. The molecule has 0 bridgehead atoms. The van der Waals surface area contributed by atoms with Crippen LogP contribution >= 0.6 is 0 Å². The molecule has 1 atom stereocenters. The number of nitrogens with zero attached hydrogens (tertiary/aromatic N) is 3. The Balaban J connectivity index is 1.65. The highest BCUT2D eigenvalue weighted by Crippen LogP contribution is 2.33. The zero-order valence-electron chi connectivity index (χ0n) is 13.3. The molecule has 1 aromatic heterocycles. The van der Waals surface area contributed by atoms with Gasteiger partial charge in [0.25, 0.3) is 5.91 Å². The number of nitrogens with one attached hydrogen (secondary N) is 1. The SMILES string of the molecule is CNc1cc([C@H]2CCN2C(=O)COc2ccccc2)nc(C)n1. The molecule has 23 heavy (non-hydrogen) atoms. The van der Waals surface area contributed by atoms with Crippen LogP contribution in [-0.2, 0) is 4.79 Å². The van der Waals surface area contributed by atoms with Crippen LogP contribution in [0.1, 0.15) is 24.0 Å². The van der Waals surface area contributed by atoms with E-state index in [0.717, 1.165) is 24.5 Å². The lowest BCUT2D eigenvalue weighted by Crippen LogP contribution is -2.47. The lowest BCUT2D eigenvalue weighted by molar-refractivity contribution is -0.141. The van der Waals surface area contributed by atoms with Gasteiger partial charge >= 0.3 is 0 Å². The molecular weight excluding hydrogens is 292 g/mol. The van der Waals surface area contributed by atoms with E-state index in [1.165, 1.54) is 0 Å². The highest BCUT2D eigenvalue weighted by atomic mass is 16.5. The molecule has 2 aromatic rings. The Morgan fingerprint density at radius 3 is 2.78 bits per heavy atom. The molecule has 3 rings (SSSR count). The zero-order chi connectivity index (χ0) is 16.2. The van der Waals surface area contributed by atoms with E-state index in [9.17, 15) is 4.79 Å². The maximum absolute atomic E-state index is 12.4. The summed E-state index contributed by atoms with van der Waals surface area (Å²) < 4.78 is 5.54. The molecule has 120 valence electrons. The lowest BCUT2D eigenvalue weighted by Gasteiger charge is -2.40. The topological polar surface area (TPSA) is 67.4 Å². The molecule has 0 aliphatic carbocycles. The summed E-state index contributed by atoms with van der Waals surface area (Å²) in [4.78, 5) is 22.9. The first-order valence-electron chi connectivity index (χ1n) is 7.68. The van der Waals surface area contributed by atoms with Crippen molar-refractivity contribution >= 4 is 11.7 Å². The molecule has 1 fully saturated rings. The molecule has 1 amide bonds. The Morgan fingerprint density at radius 2 is 2.13 bits per heavy atom. The molecule has 1 aromatic carbocycles. The fraction of sp³-hybridized carbons (Fsp3) is 0.353. The Morgan fingerprint density at radius 1 is 1.35 bits per heavy atom. The van der Waals surface area contributed by atoms with Gasteiger partial charge in [-0.15, -0.1) is 0 Å². The number of carbonyl (C=O) groups is 1. The monoisotopic (exact) mass is 312 g/mol. The van der Waals surface area contributed by atoms with Gasteiger partial charge in [0.2, 0.25) is 0 Å². The summed E-state index contributed by atoms with van der Waals surface area (Å²) >= 11 is 0. The fourth-order valence-corrected chi connectivity index (χ4v) is 2.63. The lowest BCUT2D eigenvalue weighted by atomic mass is 9.99. The van der Waals surface area contributed by atoms with Crippen molar-refractivity contribution in [3.05, 3.63) is 47.9 Å². The second-order valence-electron chi connectivity index (χ2n) is 5.47. The highest BCUT2D eigenvalue weighted by molar-refractivity contribution is 5.79. The van der Waals surface area contributed by atoms with E-state index < -0.39 is 0 Å². The second kappa shape index (κ2) is 6.64. The van der Waals surface area contributed by atoms with Crippen LogP contribution in [0.15, 0.2) is 36.4 Å². The van der Waals surface area contributed by atoms with Gasteiger partial charge in [0.05, 0.1) is 11.7 Å². The van der Waals surface area contributed by atoms with Crippen molar-refractivity contribution in [2.75, 3.05) is 25.5 Å². The van der Waals surface area contributed by atoms with E-state index in [-0.39, 0.29) is 18.6 Å². The van der Waals surface area contributed by atoms with Crippen LogP contribution in [0.5, 0.6) is 5.75 Å². The van der Waals surface area contributed by atoms with Crippen molar-refractivity contribution in [1.29, 1.82) is 0 Å². The summed E-state index contributed by atoms with van der Waals surface area (Å²) in [6.45, 7) is 2.64. The number of amides is 1. The van der Waals surface area contributed by atoms with Crippen molar-refractivity contribution in [3.63, 3.8) is 0 Å². The third kappa shape index (κ3) is 3.41. The van der Waals surface area contributed by atoms with Crippen molar-refractivity contribution in [3.8, 4) is 5.75 Å². The van der Waals surface area contributed by atoms with Gasteiger partial charge in [0, 0.05) is 19.7 Å². The summed E-state index contributed by atoms with van der Waals surface area (Å²) in [7, 11) is 1.82. The van der Waals surface area contributed by atoms with E-state index in [0.29, 0.717) is 11.6 Å². The zero-order valence-corrected chi connectivity index (χ0v) is 13.3. The number of para-hydroxylation sites is 1. The van der Waals surface area contributed by atoms with E-state index in [1.54, 1.807) is 0 Å². The van der Waals surface area contributed by atoms with Crippen LogP contribution in [0.4, 0.5) is 5.82 Å². The van der Waals surface area contributed by atoms with Gasteiger partial charge in [0.1, 0.15) is 17.4 Å². The van der Waals surface area contributed by atoms with Gasteiger partial charge in [-0.2, -0.15) is 0 Å². The van der Waals surface area contributed by atoms with Gasteiger partial charge in [-0.1, -0.05) is 18.2 Å². The summed E-state index contributed by atoms with van der Waals surface area (Å²) in [6.07, 6.45) is 0.913. The van der Waals surface area contributed by atoms with Crippen LogP contribution < -0.4 is 10.1 Å². The first kappa shape index (κ1) is 15.3. The van der Waals surface area contributed by atoms with E-state index in [2.05, 4.69) is 15.3 Å². The molecule has 2 heterocycles. The van der Waals surface area contributed by atoms with Crippen molar-refractivity contribution in [1.82, 2.24) is 14.9 Å². The highest BCUT2D eigenvalue weighted by Gasteiger charge is 2.34. The number of aromatic nitrogens is 2. The number of likely N-dealkylation sites (tertiary alicyclic amines) is 1. The average molecular weight is 312 g/mol. The van der Waals surface area contributed by atoms with Gasteiger partial charge in [-0.05, 0) is 25.5 Å². The van der Waals surface area contributed by atoms with E-state index in [4.69, 9.17) is 4.74 Å². The number of hydrogen-bond acceptors (Lipinski definition) is 5. The molecule has 0 saturated carbocycles. The van der Waals surface area contributed by atoms with Crippen molar-refractivity contribution in [2.45, 2.75) is 19.4 Å². The summed E-state index contributed by atoms with van der Waals surface area (Å²) in [5, 5.41) is 3.02. The van der Waals surface area contributed by atoms with Gasteiger partial charge < -0.3 is 15.0 Å². The van der Waals surface area contributed by atoms with Crippen LogP contribution in [0, 0.1) is 6.92 Å². The average Bonchev–Trinajstić information content (AvgIpc) is 2.52. The molecule has 0 unspecified atom stereocenters. The normalized spacial score (nSPS) is 16.6. The Bertz CT molecular complexity index is 690. The number of aryl methyl sites for hydroxylation is 1. The quantitative estimate of drug-likeness (QED) is 0.916. The first-order chi connectivity index (χ1) is 11.2. The number of hydrogen-bond donors (Lipinski definition) is 1. The third-order valence-electron chi connectivity index (χ3n) is 3.90. The number of rotatable bonds is 5. The minimum atomic E-state index is -0.0209. The van der Waals surface area contributed by atoms with Crippen molar-refractivity contribution < 1.29 is 9.53 Å². The maximum Gasteiger partial charge on any atom is 0.261 e. The molecule has 0 spiro atoms.